The molecule has 1 heteroatoms. The van der Waals surface area contributed by atoms with Gasteiger partial charge in [0, 0.05) is 0 Å². The summed E-state index contributed by atoms with van der Waals surface area (Å²) in [7, 11) is 0. The van der Waals surface area contributed by atoms with E-state index in [1.807, 2.05) is 6.08 Å². The minimum atomic E-state index is -0.141. The Kier molecular flexibility index (Phi) is 5.02. The Balaban J connectivity index is 2.54. The van der Waals surface area contributed by atoms with Crippen molar-refractivity contribution in [1.82, 2.24) is 0 Å². The van der Waals surface area contributed by atoms with Crippen LogP contribution >= 0.6 is 0 Å². The van der Waals surface area contributed by atoms with Crippen LogP contribution in [0.25, 0.3) is 6.08 Å². The number of hydrogen-bond donors (Lipinski definition) is 0. The second-order valence-electron chi connectivity index (χ2n) is 3.41. The summed E-state index contributed by atoms with van der Waals surface area (Å²) in [5.74, 6) is 0. The molecular formula is C13H17O. The number of aryl methyl sites for hydroxylation is 1. The van der Waals surface area contributed by atoms with E-state index in [4.69, 9.17) is 0 Å². The molecular weight excluding hydrogens is 172 g/mol. The lowest BCUT2D eigenvalue weighted by Crippen LogP contribution is -1.84. The highest BCUT2D eigenvalue weighted by Crippen LogP contribution is 2.08. The van der Waals surface area contributed by atoms with E-state index < -0.39 is 0 Å². The Bertz CT molecular complexity index is 272. The highest BCUT2D eigenvalue weighted by Gasteiger charge is 1.91. The summed E-state index contributed by atoms with van der Waals surface area (Å²) >= 11 is 0. The van der Waals surface area contributed by atoms with Crippen molar-refractivity contribution in [3.05, 3.63) is 41.5 Å². The van der Waals surface area contributed by atoms with E-state index in [0.29, 0.717) is 0 Å². The molecule has 0 saturated heterocycles. The van der Waals surface area contributed by atoms with Crippen molar-refractivity contribution in [1.29, 1.82) is 0 Å². The Morgan fingerprint density at radius 2 is 1.93 bits per heavy atom. The first-order chi connectivity index (χ1) is 6.86. The lowest BCUT2D eigenvalue weighted by molar-refractivity contribution is 0.233. The molecule has 0 atom stereocenters. The SMILES string of the molecule is CCCCc1ccc(/C=C/C[O])cc1. The lowest BCUT2D eigenvalue weighted by atomic mass is 10.1. The van der Waals surface area contributed by atoms with Gasteiger partial charge in [-0.2, -0.15) is 0 Å². The van der Waals surface area contributed by atoms with Crippen molar-refractivity contribution < 1.29 is 5.11 Å². The normalized spacial score (nSPS) is 11.0. The minimum absolute atomic E-state index is 0.141. The molecule has 1 aromatic carbocycles. The van der Waals surface area contributed by atoms with Crippen LogP contribution in [0.5, 0.6) is 0 Å². The molecule has 1 aromatic rings. The first-order valence-corrected chi connectivity index (χ1v) is 5.20. The predicted molar refractivity (Wildman–Crippen MR) is 59.6 cm³/mol. The van der Waals surface area contributed by atoms with Gasteiger partial charge in [-0.3, -0.25) is 0 Å². The van der Waals surface area contributed by atoms with Gasteiger partial charge in [0.05, 0.1) is 0 Å². The quantitative estimate of drug-likeness (QED) is 0.676. The summed E-state index contributed by atoms with van der Waals surface area (Å²) in [5, 5.41) is 10.2. The fourth-order valence-electron chi connectivity index (χ4n) is 1.36. The fourth-order valence-corrected chi connectivity index (χ4v) is 1.36. The van der Waals surface area contributed by atoms with E-state index in [1.165, 1.54) is 18.4 Å². The van der Waals surface area contributed by atoms with Crippen molar-refractivity contribution in [3.8, 4) is 0 Å². The third kappa shape index (κ3) is 3.75. The summed E-state index contributed by atoms with van der Waals surface area (Å²) in [4.78, 5) is 0. The predicted octanol–water partition coefficient (Wildman–Crippen LogP) is 3.47. The first kappa shape index (κ1) is 11.0. The van der Waals surface area contributed by atoms with Gasteiger partial charge in [0.15, 0.2) is 0 Å². The van der Waals surface area contributed by atoms with Crippen molar-refractivity contribution in [2.24, 2.45) is 0 Å². The largest absolute Gasteiger partial charge is 0.232 e. The van der Waals surface area contributed by atoms with E-state index in [9.17, 15) is 5.11 Å². The van der Waals surface area contributed by atoms with Gasteiger partial charge < -0.3 is 0 Å². The lowest BCUT2D eigenvalue weighted by Gasteiger charge is -1.99. The molecule has 1 nitrogen and oxygen atoms in total. The molecule has 0 N–H and O–H groups in total. The van der Waals surface area contributed by atoms with Crippen LogP contribution in [0.2, 0.25) is 0 Å². The zero-order chi connectivity index (χ0) is 10.2. The average Bonchev–Trinajstić information content (AvgIpc) is 2.25. The highest BCUT2D eigenvalue weighted by atomic mass is 16.2. The summed E-state index contributed by atoms with van der Waals surface area (Å²) in [6.45, 7) is 2.06. The van der Waals surface area contributed by atoms with Crippen LogP contribution in [0.3, 0.4) is 0 Å². The maximum Gasteiger partial charge on any atom is 0.101 e. The van der Waals surface area contributed by atoms with Crippen molar-refractivity contribution >= 4 is 6.08 Å². The van der Waals surface area contributed by atoms with E-state index >= 15 is 0 Å². The van der Waals surface area contributed by atoms with Crippen LogP contribution < -0.4 is 0 Å². The molecule has 0 unspecified atom stereocenters. The third-order valence-electron chi connectivity index (χ3n) is 2.21. The fraction of sp³-hybridized carbons (Fsp3) is 0.385. The molecule has 0 aliphatic rings. The Labute approximate surface area is 86.1 Å². The molecule has 0 aromatic heterocycles. The van der Waals surface area contributed by atoms with Gasteiger partial charge in [-0.1, -0.05) is 49.8 Å². The van der Waals surface area contributed by atoms with Crippen LogP contribution in [0.15, 0.2) is 30.3 Å². The summed E-state index contributed by atoms with van der Waals surface area (Å²) in [5.41, 5.74) is 2.49. The van der Waals surface area contributed by atoms with Crippen LogP contribution in [0.4, 0.5) is 0 Å². The topological polar surface area (TPSA) is 19.9 Å². The van der Waals surface area contributed by atoms with E-state index in [2.05, 4.69) is 31.2 Å². The number of benzene rings is 1. The second kappa shape index (κ2) is 6.39. The minimum Gasteiger partial charge on any atom is -0.232 e. The monoisotopic (exact) mass is 189 g/mol. The molecule has 0 fully saturated rings. The van der Waals surface area contributed by atoms with Crippen molar-refractivity contribution in [2.45, 2.75) is 26.2 Å². The molecule has 0 saturated carbocycles. The van der Waals surface area contributed by atoms with Gasteiger partial charge in [-0.15, -0.1) is 0 Å². The molecule has 0 aliphatic heterocycles. The molecule has 75 valence electrons. The third-order valence-corrected chi connectivity index (χ3v) is 2.21. The van der Waals surface area contributed by atoms with Gasteiger partial charge in [0.25, 0.3) is 0 Å². The van der Waals surface area contributed by atoms with Crippen LogP contribution in [0.1, 0.15) is 30.9 Å². The molecule has 0 spiro atoms. The maximum atomic E-state index is 10.2. The summed E-state index contributed by atoms with van der Waals surface area (Å²) in [6, 6.07) is 8.41. The van der Waals surface area contributed by atoms with Crippen LogP contribution in [0, 0.1) is 0 Å². The average molecular weight is 189 g/mol. The van der Waals surface area contributed by atoms with Crippen LogP contribution in [-0.4, -0.2) is 6.61 Å². The molecule has 1 rings (SSSR count). The first-order valence-electron chi connectivity index (χ1n) is 5.20. The van der Waals surface area contributed by atoms with E-state index in [-0.39, 0.29) is 6.61 Å². The van der Waals surface area contributed by atoms with Gasteiger partial charge in [-0.25, -0.2) is 5.11 Å². The summed E-state index contributed by atoms with van der Waals surface area (Å²) in [6.07, 6.45) is 7.15. The Hall–Kier alpha value is -1.08. The van der Waals surface area contributed by atoms with Gasteiger partial charge in [0.2, 0.25) is 0 Å². The molecule has 0 heterocycles. The van der Waals surface area contributed by atoms with Gasteiger partial charge in [0.1, 0.15) is 6.61 Å². The Morgan fingerprint density at radius 1 is 1.21 bits per heavy atom. The summed E-state index contributed by atoms with van der Waals surface area (Å²) < 4.78 is 0. The number of rotatable bonds is 5. The zero-order valence-electron chi connectivity index (χ0n) is 8.70. The number of hydrogen-bond acceptors (Lipinski definition) is 0. The molecule has 14 heavy (non-hydrogen) atoms. The van der Waals surface area contributed by atoms with Crippen molar-refractivity contribution in [3.63, 3.8) is 0 Å². The van der Waals surface area contributed by atoms with Crippen molar-refractivity contribution in [2.75, 3.05) is 6.61 Å². The molecule has 0 amide bonds. The Morgan fingerprint density at radius 3 is 2.50 bits per heavy atom. The van der Waals surface area contributed by atoms with Gasteiger partial charge >= 0.3 is 0 Å². The number of unbranched alkanes of at least 4 members (excludes halogenated alkanes) is 1. The molecule has 1 radical (unpaired) electrons. The van der Waals surface area contributed by atoms with E-state index in [0.717, 1.165) is 12.0 Å². The zero-order valence-corrected chi connectivity index (χ0v) is 8.70. The standard InChI is InChI=1S/C13H17O/c1-2-3-5-12-7-9-13(10-8-12)6-4-11-14/h4,6-10H,2-3,5,11H2,1H3/b6-4+. The maximum absolute atomic E-state index is 10.2. The second-order valence-corrected chi connectivity index (χ2v) is 3.41. The van der Waals surface area contributed by atoms with E-state index in [1.54, 1.807) is 6.08 Å². The smallest absolute Gasteiger partial charge is 0.101 e. The molecule has 0 bridgehead atoms. The molecule has 0 aliphatic carbocycles. The van der Waals surface area contributed by atoms with Crippen LogP contribution in [-0.2, 0) is 11.5 Å². The van der Waals surface area contributed by atoms with Gasteiger partial charge in [-0.05, 0) is 24.0 Å². The highest BCUT2D eigenvalue weighted by molar-refractivity contribution is 5.49.